The molecule has 2 nitrogen and oxygen atoms in total. The quantitative estimate of drug-likeness (QED) is 0.713. The van der Waals surface area contributed by atoms with Crippen molar-refractivity contribution in [3.05, 3.63) is 23.9 Å². The average molecular weight is 190 g/mol. The van der Waals surface area contributed by atoms with Crippen LogP contribution < -0.4 is 4.90 Å². The number of anilines is 1. The maximum absolute atomic E-state index is 4.51. The van der Waals surface area contributed by atoms with Crippen LogP contribution in [0.2, 0.25) is 0 Å². The minimum Gasteiger partial charge on any atom is -0.356 e. The fourth-order valence-corrected chi connectivity index (χ4v) is 2.05. The van der Waals surface area contributed by atoms with E-state index >= 15 is 0 Å². The minimum atomic E-state index is 0.569. The number of aromatic nitrogens is 1. The van der Waals surface area contributed by atoms with E-state index in [4.69, 9.17) is 0 Å². The molecule has 0 bridgehead atoms. The Morgan fingerprint density at radius 3 is 2.64 bits per heavy atom. The fraction of sp³-hybridized carbons (Fsp3) is 0.583. The first kappa shape index (κ1) is 9.50. The van der Waals surface area contributed by atoms with Gasteiger partial charge in [0.15, 0.2) is 0 Å². The first-order valence-electron chi connectivity index (χ1n) is 5.49. The normalized spacial score (nSPS) is 16.6. The van der Waals surface area contributed by atoms with Gasteiger partial charge in [-0.25, -0.2) is 4.98 Å². The molecule has 2 rings (SSSR count). The van der Waals surface area contributed by atoms with Gasteiger partial charge in [-0.05, 0) is 30.4 Å². The standard InChI is InChI=1S/C12H18N2/c1-10(2)11-6-5-7-13-12(11)14-8-3-4-9-14/h5-7,10H,3-4,8-9H2,1-2H3. The zero-order valence-corrected chi connectivity index (χ0v) is 9.03. The van der Waals surface area contributed by atoms with Crippen LogP contribution in [0.15, 0.2) is 18.3 Å². The van der Waals surface area contributed by atoms with E-state index in [2.05, 4.69) is 29.8 Å². The van der Waals surface area contributed by atoms with E-state index in [1.54, 1.807) is 0 Å². The highest BCUT2D eigenvalue weighted by molar-refractivity contribution is 5.48. The van der Waals surface area contributed by atoms with E-state index < -0.39 is 0 Å². The molecule has 1 fully saturated rings. The van der Waals surface area contributed by atoms with Gasteiger partial charge < -0.3 is 4.90 Å². The zero-order chi connectivity index (χ0) is 9.97. The zero-order valence-electron chi connectivity index (χ0n) is 9.03. The third-order valence-electron chi connectivity index (χ3n) is 2.84. The molecule has 0 unspecified atom stereocenters. The molecule has 0 N–H and O–H groups in total. The maximum atomic E-state index is 4.51. The molecule has 1 aromatic rings. The molecule has 1 aromatic heterocycles. The van der Waals surface area contributed by atoms with Crippen molar-refractivity contribution in [2.75, 3.05) is 18.0 Å². The number of nitrogens with zero attached hydrogens (tertiary/aromatic N) is 2. The predicted octanol–water partition coefficient (Wildman–Crippen LogP) is 2.81. The summed E-state index contributed by atoms with van der Waals surface area (Å²) in [5.74, 6) is 1.78. The summed E-state index contributed by atoms with van der Waals surface area (Å²) in [6, 6.07) is 4.24. The third kappa shape index (κ3) is 1.74. The van der Waals surface area contributed by atoms with Crippen LogP contribution in [-0.4, -0.2) is 18.1 Å². The molecule has 76 valence electrons. The van der Waals surface area contributed by atoms with Gasteiger partial charge in [0.25, 0.3) is 0 Å². The molecule has 0 aliphatic carbocycles. The largest absolute Gasteiger partial charge is 0.356 e. The van der Waals surface area contributed by atoms with Crippen LogP contribution in [-0.2, 0) is 0 Å². The smallest absolute Gasteiger partial charge is 0.131 e. The summed E-state index contributed by atoms with van der Waals surface area (Å²) in [5.41, 5.74) is 1.38. The van der Waals surface area contributed by atoms with Crippen LogP contribution in [0.5, 0.6) is 0 Å². The number of rotatable bonds is 2. The highest BCUT2D eigenvalue weighted by Gasteiger charge is 2.17. The molecule has 0 radical (unpaired) electrons. The van der Waals surface area contributed by atoms with Gasteiger partial charge in [-0.1, -0.05) is 19.9 Å². The first-order chi connectivity index (χ1) is 6.79. The Morgan fingerprint density at radius 1 is 1.29 bits per heavy atom. The number of hydrogen-bond acceptors (Lipinski definition) is 2. The average Bonchev–Trinajstić information content (AvgIpc) is 2.70. The highest BCUT2D eigenvalue weighted by Crippen LogP contribution is 2.27. The van der Waals surface area contributed by atoms with Crippen molar-refractivity contribution in [1.29, 1.82) is 0 Å². The molecule has 1 aliphatic rings. The summed E-state index contributed by atoms with van der Waals surface area (Å²) in [6.07, 6.45) is 4.53. The SMILES string of the molecule is CC(C)c1cccnc1N1CCCC1. The molecule has 1 aliphatic heterocycles. The molecule has 14 heavy (non-hydrogen) atoms. The summed E-state index contributed by atoms with van der Waals surface area (Å²) in [6.45, 7) is 6.82. The Bertz CT molecular complexity index is 301. The second kappa shape index (κ2) is 3.99. The lowest BCUT2D eigenvalue weighted by Gasteiger charge is -2.21. The van der Waals surface area contributed by atoms with Crippen molar-refractivity contribution in [2.24, 2.45) is 0 Å². The van der Waals surface area contributed by atoms with Gasteiger partial charge in [0.2, 0.25) is 0 Å². The maximum Gasteiger partial charge on any atom is 0.131 e. The van der Waals surface area contributed by atoms with E-state index in [1.165, 1.54) is 37.3 Å². The van der Waals surface area contributed by atoms with Gasteiger partial charge in [0.05, 0.1) is 0 Å². The van der Waals surface area contributed by atoms with E-state index in [-0.39, 0.29) is 0 Å². The Morgan fingerprint density at radius 2 is 2.00 bits per heavy atom. The van der Waals surface area contributed by atoms with Gasteiger partial charge in [-0.15, -0.1) is 0 Å². The lowest BCUT2D eigenvalue weighted by molar-refractivity contribution is 0.829. The van der Waals surface area contributed by atoms with Crippen molar-refractivity contribution < 1.29 is 0 Å². The van der Waals surface area contributed by atoms with Crippen LogP contribution in [0, 0.1) is 0 Å². The summed E-state index contributed by atoms with van der Waals surface area (Å²) in [7, 11) is 0. The van der Waals surface area contributed by atoms with Crippen LogP contribution >= 0.6 is 0 Å². The molecule has 0 amide bonds. The lowest BCUT2D eigenvalue weighted by Crippen LogP contribution is -2.20. The second-order valence-corrected chi connectivity index (χ2v) is 4.27. The number of pyridine rings is 1. The van der Waals surface area contributed by atoms with Crippen LogP contribution in [0.1, 0.15) is 38.2 Å². The predicted molar refractivity (Wildman–Crippen MR) is 59.8 cm³/mol. The second-order valence-electron chi connectivity index (χ2n) is 4.27. The Hall–Kier alpha value is -1.05. The highest BCUT2D eigenvalue weighted by atomic mass is 15.2. The van der Waals surface area contributed by atoms with Crippen LogP contribution in [0.25, 0.3) is 0 Å². The van der Waals surface area contributed by atoms with E-state index in [9.17, 15) is 0 Å². The van der Waals surface area contributed by atoms with Gasteiger partial charge in [-0.3, -0.25) is 0 Å². The number of hydrogen-bond donors (Lipinski definition) is 0. The first-order valence-corrected chi connectivity index (χ1v) is 5.49. The third-order valence-corrected chi connectivity index (χ3v) is 2.84. The molecular formula is C12H18N2. The Labute approximate surface area is 86.0 Å². The molecule has 0 saturated carbocycles. The van der Waals surface area contributed by atoms with E-state index in [1.807, 2.05) is 12.3 Å². The van der Waals surface area contributed by atoms with Gasteiger partial charge >= 0.3 is 0 Å². The van der Waals surface area contributed by atoms with Crippen LogP contribution in [0.3, 0.4) is 0 Å². The van der Waals surface area contributed by atoms with E-state index in [0.717, 1.165) is 0 Å². The van der Waals surface area contributed by atoms with Crippen LogP contribution in [0.4, 0.5) is 5.82 Å². The topological polar surface area (TPSA) is 16.1 Å². The van der Waals surface area contributed by atoms with Crippen molar-refractivity contribution in [2.45, 2.75) is 32.6 Å². The molecule has 0 aromatic carbocycles. The van der Waals surface area contributed by atoms with Crippen molar-refractivity contribution in [3.63, 3.8) is 0 Å². The monoisotopic (exact) mass is 190 g/mol. The minimum absolute atomic E-state index is 0.569. The Kier molecular flexibility index (Phi) is 2.71. The molecule has 1 saturated heterocycles. The Balaban J connectivity index is 2.30. The summed E-state index contributed by atoms with van der Waals surface area (Å²) < 4.78 is 0. The summed E-state index contributed by atoms with van der Waals surface area (Å²) >= 11 is 0. The molecule has 0 atom stereocenters. The van der Waals surface area contributed by atoms with Gasteiger partial charge in [0.1, 0.15) is 5.82 Å². The molecular weight excluding hydrogens is 172 g/mol. The molecule has 0 spiro atoms. The summed E-state index contributed by atoms with van der Waals surface area (Å²) in [5, 5.41) is 0. The van der Waals surface area contributed by atoms with Crippen molar-refractivity contribution in [1.82, 2.24) is 4.98 Å². The molecule has 2 heteroatoms. The van der Waals surface area contributed by atoms with Gasteiger partial charge in [-0.2, -0.15) is 0 Å². The van der Waals surface area contributed by atoms with Gasteiger partial charge in [0, 0.05) is 19.3 Å². The molecule has 2 heterocycles. The van der Waals surface area contributed by atoms with E-state index in [0.29, 0.717) is 5.92 Å². The fourth-order valence-electron chi connectivity index (χ4n) is 2.05. The lowest BCUT2D eigenvalue weighted by atomic mass is 10.0. The van der Waals surface area contributed by atoms with Crippen molar-refractivity contribution >= 4 is 5.82 Å². The van der Waals surface area contributed by atoms with Crippen molar-refractivity contribution in [3.8, 4) is 0 Å². The summed E-state index contributed by atoms with van der Waals surface area (Å²) in [4.78, 5) is 6.92.